The zero-order valence-corrected chi connectivity index (χ0v) is 11.8. The quantitative estimate of drug-likeness (QED) is 0.846. The number of piperidine rings is 1. The molecule has 0 bridgehead atoms. The predicted octanol–water partition coefficient (Wildman–Crippen LogP) is 1.47. The fraction of sp³-hybridized carbons (Fsp3) is 0.467. The van der Waals surface area contributed by atoms with E-state index < -0.39 is 0 Å². The molecule has 20 heavy (non-hydrogen) atoms. The third-order valence-corrected chi connectivity index (χ3v) is 3.50. The Hall–Kier alpha value is -1.88. The number of likely N-dealkylation sites (tertiary alicyclic amines) is 1. The highest BCUT2D eigenvalue weighted by Gasteiger charge is 2.30. The van der Waals surface area contributed by atoms with E-state index in [1.54, 1.807) is 25.3 Å². The minimum Gasteiger partial charge on any atom is -0.496 e. The van der Waals surface area contributed by atoms with Crippen molar-refractivity contribution in [3.63, 3.8) is 0 Å². The first-order valence-corrected chi connectivity index (χ1v) is 6.65. The number of nitrogens with zero attached hydrogens (tertiary/aromatic N) is 1. The summed E-state index contributed by atoms with van der Waals surface area (Å²) in [6.45, 7) is 2.01. The van der Waals surface area contributed by atoms with Crippen molar-refractivity contribution in [2.45, 2.75) is 32.9 Å². The fourth-order valence-electron chi connectivity index (χ4n) is 2.43. The molecule has 0 radical (unpaired) electrons. The van der Waals surface area contributed by atoms with Gasteiger partial charge in [0.2, 0.25) is 11.8 Å². The highest BCUT2D eigenvalue weighted by molar-refractivity contribution is 5.97. The highest BCUT2D eigenvalue weighted by Crippen LogP contribution is 2.25. The topological polar surface area (TPSA) is 66.8 Å². The van der Waals surface area contributed by atoms with E-state index in [0.29, 0.717) is 18.6 Å². The number of aliphatic hydroxyl groups is 1. The number of benzene rings is 1. The standard InChI is InChI=1S/C15H19NO4/c1-10-5-14(18)16(15(19)6-10)8-12-7-11(9-17)3-4-13(12)20-2/h3-4,7,10,17H,5-6,8-9H2,1-2H3. The van der Waals surface area contributed by atoms with Crippen molar-refractivity contribution in [2.75, 3.05) is 7.11 Å². The molecule has 1 aromatic rings. The van der Waals surface area contributed by atoms with Gasteiger partial charge >= 0.3 is 0 Å². The molecule has 0 atom stereocenters. The summed E-state index contributed by atoms with van der Waals surface area (Å²) < 4.78 is 5.25. The average molecular weight is 277 g/mol. The second-order valence-corrected chi connectivity index (χ2v) is 5.19. The molecule has 1 saturated heterocycles. The van der Waals surface area contributed by atoms with Gasteiger partial charge in [-0.25, -0.2) is 0 Å². The van der Waals surface area contributed by atoms with Crippen LogP contribution in [0.1, 0.15) is 30.9 Å². The summed E-state index contributed by atoms with van der Waals surface area (Å²) in [7, 11) is 1.54. The van der Waals surface area contributed by atoms with Gasteiger partial charge in [-0.15, -0.1) is 0 Å². The number of rotatable bonds is 4. The lowest BCUT2D eigenvalue weighted by molar-refractivity contribution is -0.150. The summed E-state index contributed by atoms with van der Waals surface area (Å²) in [6, 6.07) is 5.25. The van der Waals surface area contributed by atoms with Gasteiger partial charge in [0, 0.05) is 18.4 Å². The number of hydrogen-bond donors (Lipinski definition) is 1. The molecule has 1 N–H and O–H groups in total. The van der Waals surface area contributed by atoms with Crippen molar-refractivity contribution in [1.82, 2.24) is 4.90 Å². The van der Waals surface area contributed by atoms with Gasteiger partial charge in [-0.3, -0.25) is 14.5 Å². The van der Waals surface area contributed by atoms with Crippen LogP contribution in [0.4, 0.5) is 0 Å². The van der Waals surface area contributed by atoms with Gasteiger partial charge in [0.15, 0.2) is 0 Å². The molecule has 0 aliphatic carbocycles. The molecule has 108 valence electrons. The van der Waals surface area contributed by atoms with Crippen LogP contribution < -0.4 is 4.74 Å². The Bertz CT molecular complexity index is 509. The Labute approximate surface area is 118 Å². The van der Waals surface area contributed by atoms with E-state index in [1.807, 2.05) is 6.92 Å². The maximum absolute atomic E-state index is 12.0. The number of aliphatic hydroxyl groups excluding tert-OH is 1. The van der Waals surface area contributed by atoms with Crippen LogP contribution in [-0.4, -0.2) is 28.9 Å². The Balaban J connectivity index is 2.24. The molecule has 1 aliphatic rings. The van der Waals surface area contributed by atoms with E-state index in [0.717, 1.165) is 11.1 Å². The number of methoxy groups -OCH3 is 1. The minimum absolute atomic E-state index is 0.0874. The van der Waals surface area contributed by atoms with Gasteiger partial charge in [0.05, 0.1) is 20.3 Å². The SMILES string of the molecule is COc1ccc(CO)cc1CN1C(=O)CC(C)CC1=O. The van der Waals surface area contributed by atoms with Crippen molar-refractivity contribution >= 4 is 11.8 Å². The summed E-state index contributed by atoms with van der Waals surface area (Å²) in [5, 5.41) is 9.18. The summed E-state index contributed by atoms with van der Waals surface area (Å²) in [4.78, 5) is 25.3. The van der Waals surface area contributed by atoms with Crippen molar-refractivity contribution in [3.8, 4) is 5.75 Å². The van der Waals surface area contributed by atoms with E-state index in [1.165, 1.54) is 4.90 Å². The zero-order valence-electron chi connectivity index (χ0n) is 11.8. The summed E-state index contributed by atoms with van der Waals surface area (Å²) >= 11 is 0. The fourth-order valence-corrected chi connectivity index (χ4v) is 2.43. The Morgan fingerprint density at radius 1 is 1.30 bits per heavy atom. The van der Waals surface area contributed by atoms with E-state index >= 15 is 0 Å². The minimum atomic E-state index is -0.148. The van der Waals surface area contributed by atoms with Gasteiger partial charge in [-0.2, -0.15) is 0 Å². The summed E-state index contributed by atoms with van der Waals surface area (Å²) in [5.41, 5.74) is 1.46. The third kappa shape index (κ3) is 2.99. The Morgan fingerprint density at radius 3 is 2.50 bits per heavy atom. The van der Waals surface area contributed by atoms with Gasteiger partial charge in [-0.05, 0) is 23.6 Å². The van der Waals surface area contributed by atoms with Crippen LogP contribution in [-0.2, 0) is 22.7 Å². The number of imide groups is 1. The van der Waals surface area contributed by atoms with E-state index in [2.05, 4.69) is 0 Å². The number of ether oxygens (including phenoxy) is 1. The van der Waals surface area contributed by atoms with E-state index in [4.69, 9.17) is 4.74 Å². The van der Waals surface area contributed by atoms with Gasteiger partial charge in [0.1, 0.15) is 5.75 Å². The smallest absolute Gasteiger partial charge is 0.229 e. The molecule has 1 aliphatic heterocycles. The van der Waals surface area contributed by atoms with Crippen LogP contribution in [0.5, 0.6) is 5.75 Å². The summed E-state index contributed by atoms with van der Waals surface area (Å²) in [6.07, 6.45) is 0.793. The van der Waals surface area contributed by atoms with Crippen molar-refractivity contribution in [2.24, 2.45) is 5.92 Å². The maximum atomic E-state index is 12.0. The molecule has 1 heterocycles. The lowest BCUT2D eigenvalue weighted by Crippen LogP contribution is -2.42. The lowest BCUT2D eigenvalue weighted by atomic mass is 9.97. The molecule has 0 saturated carbocycles. The zero-order chi connectivity index (χ0) is 14.7. The van der Waals surface area contributed by atoms with E-state index in [-0.39, 0.29) is 30.9 Å². The van der Waals surface area contributed by atoms with Crippen LogP contribution in [0.2, 0.25) is 0 Å². The van der Waals surface area contributed by atoms with Crippen LogP contribution in [0.15, 0.2) is 18.2 Å². The molecule has 0 aromatic heterocycles. The van der Waals surface area contributed by atoms with Gasteiger partial charge in [0.25, 0.3) is 0 Å². The summed E-state index contributed by atoms with van der Waals surface area (Å²) in [5.74, 6) is 0.425. The van der Waals surface area contributed by atoms with Crippen LogP contribution in [0.25, 0.3) is 0 Å². The second-order valence-electron chi connectivity index (χ2n) is 5.19. The van der Waals surface area contributed by atoms with Crippen LogP contribution in [0.3, 0.4) is 0 Å². The third-order valence-electron chi connectivity index (χ3n) is 3.50. The largest absolute Gasteiger partial charge is 0.496 e. The Morgan fingerprint density at radius 2 is 1.95 bits per heavy atom. The normalized spacial score (nSPS) is 16.6. The van der Waals surface area contributed by atoms with Crippen molar-refractivity contribution in [3.05, 3.63) is 29.3 Å². The highest BCUT2D eigenvalue weighted by atomic mass is 16.5. The molecule has 0 spiro atoms. The number of amides is 2. The molecule has 2 amide bonds. The van der Waals surface area contributed by atoms with Crippen molar-refractivity contribution in [1.29, 1.82) is 0 Å². The van der Waals surface area contributed by atoms with E-state index in [9.17, 15) is 14.7 Å². The molecule has 1 fully saturated rings. The maximum Gasteiger partial charge on any atom is 0.229 e. The molecule has 5 heteroatoms. The number of carbonyl (C=O) groups excluding carboxylic acids is 2. The predicted molar refractivity (Wildman–Crippen MR) is 72.9 cm³/mol. The van der Waals surface area contributed by atoms with Crippen LogP contribution >= 0.6 is 0 Å². The van der Waals surface area contributed by atoms with Gasteiger partial charge in [-0.1, -0.05) is 13.0 Å². The molecule has 1 aromatic carbocycles. The molecule has 2 rings (SSSR count). The van der Waals surface area contributed by atoms with Crippen LogP contribution in [0, 0.1) is 5.92 Å². The lowest BCUT2D eigenvalue weighted by Gasteiger charge is -2.28. The molecular weight excluding hydrogens is 258 g/mol. The van der Waals surface area contributed by atoms with Gasteiger partial charge < -0.3 is 9.84 Å². The number of carbonyl (C=O) groups is 2. The first-order valence-electron chi connectivity index (χ1n) is 6.65. The number of hydrogen-bond acceptors (Lipinski definition) is 4. The van der Waals surface area contributed by atoms with Crippen molar-refractivity contribution < 1.29 is 19.4 Å². The monoisotopic (exact) mass is 277 g/mol. The first-order chi connectivity index (χ1) is 9.55. The molecular formula is C15H19NO4. The second kappa shape index (κ2) is 6.05. The first kappa shape index (κ1) is 14.5. The average Bonchev–Trinajstić information content (AvgIpc) is 2.42. The molecule has 0 unspecified atom stereocenters. The molecule has 5 nitrogen and oxygen atoms in total. The Kier molecular flexibility index (Phi) is 4.39.